The number of nitrogens with one attached hydrogen (secondary N) is 3. The van der Waals surface area contributed by atoms with Crippen molar-refractivity contribution in [3.8, 4) is 0 Å². The van der Waals surface area contributed by atoms with E-state index in [9.17, 15) is 13.2 Å². The van der Waals surface area contributed by atoms with Crippen LogP contribution in [0.2, 0.25) is 0 Å². The molecule has 3 N–H and O–H groups in total. The van der Waals surface area contributed by atoms with E-state index in [0.29, 0.717) is 0 Å². The minimum atomic E-state index is -2.89. The smallest absolute Gasteiger partial charge is 0.247 e. The number of hydrogen-bond acceptors (Lipinski definition) is 5. The summed E-state index contributed by atoms with van der Waals surface area (Å²) >= 11 is 0. The first kappa shape index (κ1) is 8.21. The van der Waals surface area contributed by atoms with Crippen LogP contribution < -0.4 is 5.32 Å². The summed E-state index contributed by atoms with van der Waals surface area (Å²) in [5, 5.41) is 1.97. The van der Waals surface area contributed by atoms with Crippen molar-refractivity contribution < 1.29 is 13.2 Å². The van der Waals surface area contributed by atoms with Gasteiger partial charge < -0.3 is 5.32 Å². The maximum Gasteiger partial charge on any atom is 0.247 e. The third-order valence-corrected chi connectivity index (χ3v) is 4.15. The van der Waals surface area contributed by atoms with Crippen molar-refractivity contribution in [2.24, 2.45) is 0 Å². The van der Waals surface area contributed by atoms with Crippen LogP contribution in [0.3, 0.4) is 0 Å². The van der Waals surface area contributed by atoms with Gasteiger partial charge in [0.15, 0.2) is 0 Å². The van der Waals surface area contributed by atoms with Gasteiger partial charge in [0.1, 0.15) is 0 Å². The summed E-state index contributed by atoms with van der Waals surface area (Å²) < 4.78 is 34.4. The van der Waals surface area contributed by atoms with E-state index < -0.39 is 30.1 Å². The molecule has 0 saturated carbocycles. The summed E-state index contributed by atoms with van der Waals surface area (Å²) in [6, 6.07) is 0. The number of hydrogen-bond donors (Lipinski definition) is 3. The van der Waals surface area contributed by atoms with Gasteiger partial charge in [0.05, 0.1) is 5.75 Å². The lowest BCUT2D eigenvalue weighted by atomic mass is 10.7. The summed E-state index contributed by atoms with van der Waals surface area (Å²) in [6.07, 6.45) is 0. The van der Waals surface area contributed by atoms with Crippen LogP contribution in [0.15, 0.2) is 0 Å². The molecule has 0 spiro atoms. The van der Waals surface area contributed by atoms with Crippen LogP contribution in [-0.4, -0.2) is 24.4 Å². The van der Waals surface area contributed by atoms with Gasteiger partial charge in [-0.2, -0.15) is 8.42 Å². The van der Waals surface area contributed by atoms with E-state index in [2.05, 4.69) is 0 Å². The lowest BCUT2D eigenvalue weighted by Gasteiger charge is -1.92. The van der Waals surface area contributed by atoms with Crippen LogP contribution in [0, 0.1) is 9.56 Å². The van der Waals surface area contributed by atoms with Gasteiger partial charge in [-0.1, -0.05) is 0 Å². The highest BCUT2D eigenvalue weighted by Gasteiger charge is 2.27. The molecular formula is C3H5N3O3S2. The first-order valence-corrected chi connectivity index (χ1v) is 5.37. The molecular weight excluding hydrogens is 190 g/mol. The Morgan fingerprint density at radius 2 is 2.00 bits per heavy atom. The Hall–Kier alpha value is -0.890. The van der Waals surface area contributed by atoms with Crippen molar-refractivity contribution in [3.05, 3.63) is 0 Å². The topological polar surface area (TPSA) is 111 Å². The van der Waals surface area contributed by atoms with Gasteiger partial charge in [-0.05, 0) is 0 Å². The Bertz CT molecular complexity index is 420. The standard InChI is InChI=1S/C3H5N3O3S2/c4-11(5)1-2(7)6-3(11)10(8)9/h4-5H,1H2,(H,6,7). The molecule has 0 aromatic carbocycles. The monoisotopic (exact) mass is 195 g/mol. The van der Waals surface area contributed by atoms with Gasteiger partial charge in [-0.3, -0.25) is 14.4 Å². The molecule has 0 unspecified atom stereocenters. The summed E-state index contributed by atoms with van der Waals surface area (Å²) in [4.78, 5) is 10.5. The van der Waals surface area contributed by atoms with E-state index in [1.54, 1.807) is 0 Å². The van der Waals surface area contributed by atoms with Gasteiger partial charge in [-0.15, -0.1) is 0 Å². The summed E-state index contributed by atoms with van der Waals surface area (Å²) in [7, 11) is -5.53. The van der Waals surface area contributed by atoms with Gasteiger partial charge in [-0.25, -0.2) is 0 Å². The van der Waals surface area contributed by atoms with Crippen LogP contribution in [0.1, 0.15) is 0 Å². The molecule has 0 aromatic heterocycles. The van der Waals surface area contributed by atoms with Crippen LogP contribution in [0.5, 0.6) is 0 Å². The van der Waals surface area contributed by atoms with Crippen LogP contribution in [0.25, 0.3) is 0 Å². The third kappa shape index (κ3) is 1.40. The predicted molar refractivity (Wildman–Crippen MR) is 39.7 cm³/mol. The zero-order valence-electron chi connectivity index (χ0n) is 5.25. The molecule has 1 rings (SSSR count). The fourth-order valence-corrected chi connectivity index (χ4v) is 2.84. The quantitative estimate of drug-likeness (QED) is 0.420. The SMILES string of the molecule is N=S1(=N)CC(=O)NC1=S(=O)=O. The summed E-state index contributed by atoms with van der Waals surface area (Å²) in [5.41, 5.74) is 0. The Balaban J connectivity index is 3.47. The van der Waals surface area contributed by atoms with E-state index in [0.717, 1.165) is 0 Å². The molecule has 1 aliphatic heterocycles. The predicted octanol–water partition coefficient (Wildman–Crippen LogP) is -1.24. The van der Waals surface area contributed by atoms with Crippen LogP contribution in [0.4, 0.5) is 0 Å². The molecule has 1 fully saturated rings. The fraction of sp³-hybridized carbons (Fsp3) is 0.333. The lowest BCUT2D eigenvalue weighted by Crippen LogP contribution is -2.22. The molecule has 1 heterocycles. The maximum atomic E-state index is 10.5. The summed E-state index contributed by atoms with van der Waals surface area (Å²) in [5.74, 6) is -0.903. The van der Waals surface area contributed by atoms with Crippen molar-refractivity contribution in [2.75, 3.05) is 5.75 Å². The Morgan fingerprint density at radius 1 is 1.45 bits per heavy atom. The minimum Gasteiger partial charge on any atom is -0.306 e. The molecule has 0 aliphatic carbocycles. The molecule has 0 aromatic rings. The van der Waals surface area contributed by atoms with Gasteiger partial charge in [0, 0.05) is 9.62 Å². The zero-order valence-corrected chi connectivity index (χ0v) is 6.88. The summed E-state index contributed by atoms with van der Waals surface area (Å²) in [6.45, 7) is 0. The van der Waals surface area contributed by atoms with Crippen molar-refractivity contribution in [2.45, 2.75) is 0 Å². The van der Waals surface area contributed by atoms with Gasteiger partial charge >= 0.3 is 0 Å². The first-order chi connectivity index (χ1) is 4.93. The molecule has 62 valence electrons. The second-order valence-corrected chi connectivity index (χ2v) is 5.27. The van der Waals surface area contributed by atoms with Crippen LogP contribution >= 0.6 is 0 Å². The van der Waals surface area contributed by atoms with Gasteiger partial charge in [0.25, 0.3) is 0 Å². The average Bonchev–Trinajstić information content (AvgIpc) is 2.04. The van der Waals surface area contributed by atoms with E-state index in [1.807, 2.05) is 5.32 Å². The Labute approximate surface area is 64.5 Å². The van der Waals surface area contributed by atoms with E-state index in [-0.39, 0.29) is 5.75 Å². The molecule has 1 aliphatic rings. The number of carbonyl (C=O) groups is 1. The number of amides is 1. The van der Waals surface area contributed by atoms with Crippen molar-refractivity contribution in [1.82, 2.24) is 5.32 Å². The van der Waals surface area contributed by atoms with E-state index >= 15 is 0 Å². The van der Waals surface area contributed by atoms with Crippen molar-refractivity contribution in [3.63, 3.8) is 0 Å². The van der Waals surface area contributed by atoms with E-state index in [1.165, 1.54) is 0 Å². The fourth-order valence-electron chi connectivity index (χ4n) is 0.657. The second kappa shape index (κ2) is 2.31. The number of carbonyl (C=O) groups excluding carboxylic acids is 1. The minimum absolute atomic E-state index is 0.337. The molecule has 1 amide bonds. The zero-order chi connectivity index (χ0) is 8.65. The number of rotatable bonds is 0. The highest BCUT2D eigenvalue weighted by atomic mass is 32.2. The maximum absolute atomic E-state index is 10.5. The molecule has 8 heteroatoms. The Morgan fingerprint density at radius 3 is 2.18 bits per heavy atom. The van der Waals surface area contributed by atoms with E-state index in [4.69, 9.17) is 9.56 Å². The Kier molecular flexibility index (Phi) is 1.72. The molecule has 11 heavy (non-hydrogen) atoms. The third-order valence-electron chi connectivity index (χ3n) is 1.06. The molecule has 6 nitrogen and oxygen atoms in total. The molecule has 0 bridgehead atoms. The molecule has 1 saturated heterocycles. The highest BCUT2D eigenvalue weighted by molar-refractivity contribution is 8.17. The molecule has 0 radical (unpaired) electrons. The van der Waals surface area contributed by atoms with Crippen molar-refractivity contribution in [1.29, 1.82) is 9.56 Å². The van der Waals surface area contributed by atoms with Crippen molar-refractivity contribution >= 4 is 30.1 Å². The largest absolute Gasteiger partial charge is 0.306 e. The normalized spacial score (nSPS) is 21.5. The van der Waals surface area contributed by atoms with Crippen LogP contribution in [-0.2, 0) is 24.7 Å². The highest BCUT2D eigenvalue weighted by Crippen LogP contribution is 2.01. The average molecular weight is 195 g/mol. The lowest BCUT2D eigenvalue weighted by molar-refractivity contribution is -0.116. The second-order valence-electron chi connectivity index (χ2n) is 1.95. The van der Waals surface area contributed by atoms with Gasteiger partial charge in [0.2, 0.25) is 20.5 Å². The molecule has 0 atom stereocenters. The first-order valence-electron chi connectivity index (χ1n) is 2.50.